The number of nitro benzene ring substituents is 1. The standard InChI is InChI=1S/C15H15N5O5S/c1-10-17-14(20(23)24)15(26-7-3-6-16)18(10)9-11-4-5-13(25-2)12(8-11)19(21)22/h4-5,8H,3,7,9H2,1-2H3. The Labute approximate surface area is 152 Å². The van der Waals surface area contributed by atoms with Gasteiger partial charge in [0.05, 0.1) is 24.6 Å². The molecule has 1 heterocycles. The first kappa shape index (κ1) is 19.2. The van der Waals surface area contributed by atoms with Crippen molar-refractivity contribution < 1.29 is 14.6 Å². The van der Waals surface area contributed by atoms with E-state index in [9.17, 15) is 20.2 Å². The van der Waals surface area contributed by atoms with Crippen molar-refractivity contribution in [3.8, 4) is 11.8 Å². The summed E-state index contributed by atoms with van der Waals surface area (Å²) in [5.74, 6) is 0.643. The molecule has 0 saturated heterocycles. The number of rotatable bonds is 8. The average Bonchev–Trinajstić information content (AvgIpc) is 2.91. The van der Waals surface area contributed by atoms with Crippen LogP contribution in [0.4, 0.5) is 11.5 Å². The van der Waals surface area contributed by atoms with Crippen molar-refractivity contribution in [3.05, 3.63) is 49.8 Å². The van der Waals surface area contributed by atoms with E-state index in [4.69, 9.17) is 10.00 Å². The number of nitro groups is 2. The van der Waals surface area contributed by atoms with Gasteiger partial charge in [0.1, 0.15) is 0 Å². The van der Waals surface area contributed by atoms with Crippen molar-refractivity contribution in [2.45, 2.75) is 24.9 Å². The average molecular weight is 377 g/mol. The molecule has 26 heavy (non-hydrogen) atoms. The summed E-state index contributed by atoms with van der Waals surface area (Å²) in [6, 6.07) is 6.49. The van der Waals surface area contributed by atoms with Crippen molar-refractivity contribution in [3.63, 3.8) is 0 Å². The first-order valence-electron chi connectivity index (χ1n) is 7.41. The molecule has 0 radical (unpaired) electrons. The zero-order valence-electron chi connectivity index (χ0n) is 14.0. The van der Waals surface area contributed by atoms with E-state index < -0.39 is 9.85 Å². The lowest BCUT2D eigenvalue weighted by atomic mass is 10.2. The van der Waals surface area contributed by atoms with Crippen molar-refractivity contribution in [1.29, 1.82) is 5.26 Å². The first-order chi connectivity index (χ1) is 12.4. The Morgan fingerprint density at radius 1 is 1.35 bits per heavy atom. The summed E-state index contributed by atoms with van der Waals surface area (Å²) in [7, 11) is 1.34. The number of imidazole rings is 1. The summed E-state index contributed by atoms with van der Waals surface area (Å²) >= 11 is 1.16. The highest BCUT2D eigenvalue weighted by atomic mass is 32.2. The molecule has 0 aliphatic rings. The van der Waals surface area contributed by atoms with Crippen molar-refractivity contribution in [2.75, 3.05) is 12.9 Å². The van der Waals surface area contributed by atoms with Gasteiger partial charge in [0.15, 0.2) is 10.8 Å². The van der Waals surface area contributed by atoms with Gasteiger partial charge in [-0.3, -0.25) is 14.7 Å². The molecule has 0 aliphatic carbocycles. The molecule has 10 nitrogen and oxygen atoms in total. The number of benzene rings is 1. The Hall–Kier alpha value is -3.13. The molecular formula is C15H15N5O5S. The molecule has 0 atom stereocenters. The van der Waals surface area contributed by atoms with Crippen LogP contribution >= 0.6 is 11.8 Å². The molecule has 0 aliphatic heterocycles. The molecule has 1 aromatic heterocycles. The van der Waals surface area contributed by atoms with E-state index in [1.807, 2.05) is 6.07 Å². The molecule has 2 aromatic rings. The van der Waals surface area contributed by atoms with E-state index in [1.54, 1.807) is 17.6 Å². The minimum absolute atomic E-state index is 0.135. The van der Waals surface area contributed by atoms with Gasteiger partial charge in [-0.25, -0.2) is 0 Å². The summed E-state index contributed by atoms with van der Waals surface area (Å²) < 4.78 is 6.59. The number of hydrogen-bond acceptors (Lipinski definition) is 8. The van der Waals surface area contributed by atoms with Gasteiger partial charge in [0.25, 0.3) is 0 Å². The second-order valence-electron chi connectivity index (χ2n) is 5.15. The molecule has 0 unspecified atom stereocenters. The van der Waals surface area contributed by atoms with E-state index in [0.717, 1.165) is 11.8 Å². The Morgan fingerprint density at radius 3 is 2.65 bits per heavy atom. The number of aromatic nitrogens is 2. The number of ether oxygens (including phenoxy) is 1. The summed E-state index contributed by atoms with van der Waals surface area (Å²) in [4.78, 5) is 25.3. The third-order valence-corrected chi connectivity index (χ3v) is 4.59. The lowest BCUT2D eigenvalue weighted by Crippen LogP contribution is -2.05. The summed E-state index contributed by atoms with van der Waals surface area (Å²) in [6.45, 7) is 1.80. The predicted molar refractivity (Wildman–Crippen MR) is 93.3 cm³/mol. The minimum atomic E-state index is -0.575. The van der Waals surface area contributed by atoms with Crippen molar-refractivity contribution in [1.82, 2.24) is 9.55 Å². The molecule has 0 saturated carbocycles. The molecule has 136 valence electrons. The fraction of sp³-hybridized carbons (Fsp3) is 0.333. The van der Waals surface area contributed by atoms with Crippen LogP contribution in [0.5, 0.6) is 5.75 Å². The van der Waals surface area contributed by atoms with Crippen molar-refractivity contribution in [2.24, 2.45) is 0 Å². The van der Waals surface area contributed by atoms with Crippen LogP contribution in [0.15, 0.2) is 23.2 Å². The normalized spacial score (nSPS) is 10.3. The number of nitriles is 1. The van der Waals surface area contributed by atoms with Crippen molar-refractivity contribution >= 4 is 23.3 Å². The Kier molecular flexibility index (Phi) is 6.13. The lowest BCUT2D eigenvalue weighted by Gasteiger charge is -2.09. The summed E-state index contributed by atoms with van der Waals surface area (Å²) in [5.41, 5.74) is 0.394. The van der Waals surface area contributed by atoms with E-state index in [0.29, 0.717) is 22.2 Å². The van der Waals surface area contributed by atoms with E-state index >= 15 is 0 Å². The number of thioether (sulfide) groups is 1. The van der Waals surface area contributed by atoms with E-state index in [2.05, 4.69) is 4.98 Å². The topological polar surface area (TPSA) is 137 Å². The number of aryl methyl sites for hydroxylation is 1. The molecule has 0 bridgehead atoms. The van der Waals surface area contributed by atoms with Crippen LogP contribution < -0.4 is 4.74 Å². The van der Waals surface area contributed by atoms with E-state index in [1.165, 1.54) is 19.2 Å². The number of hydrogen-bond donors (Lipinski definition) is 0. The second-order valence-corrected chi connectivity index (χ2v) is 6.23. The molecular weight excluding hydrogens is 362 g/mol. The fourth-order valence-corrected chi connectivity index (χ4v) is 3.32. The highest BCUT2D eigenvalue weighted by Gasteiger charge is 2.26. The van der Waals surface area contributed by atoms with Gasteiger partial charge >= 0.3 is 11.5 Å². The fourth-order valence-electron chi connectivity index (χ4n) is 2.33. The third-order valence-electron chi connectivity index (χ3n) is 3.50. The zero-order valence-corrected chi connectivity index (χ0v) is 14.9. The Morgan fingerprint density at radius 2 is 2.08 bits per heavy atom. The van der Waals surface area contributed by atoms with E-state index in [-0.39, 0.29) is 30.2 Å². The van der Waals surface area contributed by atoms with Gasteiger partial charge in [0, 0.05) is 25.2 Å². The highest BCUT2D eigenvalue weighted by molar-refractivity contribution is 7.99. The molecule has 0 fully saturated rings. The maximum Gasteiger partial charge on any atom is 0.396 e. The Balaban J connectivity index is 2.42. The van der Waals surface area contributed by atoms with Gasteiger partial charge in [-0.05, 0) is 21.5 Å². The molecule has 11 heteroatoms. The van der Waals surface area contributed by atoms with Gasteiger partial charge in [0.2, 0.25) is 5.82 Å². The molecule has 0 N–H and O–H groups in total. The SMILES string of the molecule is COc1ccc(Cn2c(C)nc([N+](=O)[O-])c2SCCC#N)cc1[N+](=O)[O-]. The monoisotopic (exact) mass is 377 g/mol. The number of methoxy groups -OCH3 is 1. The van der Waals surface area contributed by atoms with Crippen LogP contribution in [-0.2, 0) is 6.54 Å². The largest absolute Gasteiger partial charge is 0.490 e. The van der Waals surface area contributed by atoms with Crippen LogP contribution in [0.25, 0.3) is 0 Å². The maximum absolute atomic E-state index is 11.2. The second kappa shape index (κ2) is 8.30. The Bertz CT molecular complexity index is 889. The van der Waals surface area contributed by atoms with Crippen LogP contribution in [0.2, 0.25) is 0 Å². The molecule has 0 spiro atoms. The maximum atomic E-state index is 11.2. The predicted octanol–water partition coefficient (Wildman–Crippen LogP) is 3.07. The number of nitrogens with zero attached hydrogens (tertiary/aromatic N) is 5. The summed E-state index contributed by atoms with van der Waals surface area (Å²) in [5, 5.41) is 31.4. The molecule has 2 rings (SSSR count). The molecule has 1 aromatic carbocycles. The minimum Gasteiger partial charge on any atom is -0.490 e. The smallest absolute Gasteiger partial charge is 0.396 e. The third kappa shape index (κ3) is 4.09. The zero-order chi connectivity index (χ0) is 19.3. The van der Waals surface area contributed by atoms with Gasteiger partial charge in [-0.1, -0.05) is 17.8 Å². The van der Waals surface area contributed by atoms with Gasteiger partial charge < -0.3 is 14.9 Å². The first-order valence-corrected chi connectivity index (χ1v) is 8.40. The molecule has 0 amide bonds. The highest BCUT2D eigenvalue weighted by Crippen LogP contribution is 2.33. The quantitative estimate of drug-likeness (QED) is 0.296. The van der Waals surface area contributed by atoms with Crippen LogP contribution in [0.3, 0.4) is 0 Å². The van der Waals surface area contributed by atoms with Gasteiger partial charge in [-0.15, -0.1) is 0 Å². The van der Waals surface area contributed by atoms with Crippen LogP contribution in [-0.4, -0.2) is 32.3 Å². The van der Waals surface area contributed by atoms with Gasteiger partial charge in [-0.2, -0.15) is 5.26 Å². The lowest BCUT2D eigenvalue weighted by molar-refractivity contribution is -0.392. The van der Waals surface area contributed by atoms with Crippen LogP contribution in [0.1, 0.15) is 17.8 Å². The summed E-state index contributed by atoms with van der Waals surface area (Å²) in [6.07, 6.45) is 0.236. The van der Waals surface area contributed by atoms with Crippen LogP contribution in [0, 0.1) is 38.5 Å².